The Morgan fingerprint density at radius 2 is 1.94 bits per heavy atom. The lowest BCUT2D eigenvalue weighted by molar-refractivity contribution is 0.0266. The highest BCUT2D eigenvalue weighted by Gasteiger charge is 2.31. The summed E-state index contributed by atoms with van der Waals surface area (Å²) in [6, 6.07) is 12.4. The van der Waals surface area contributed by atoms with E-state index < -0.39 is 5.60 Å². The van der Waals surface area contributed by atoms with E-state index in [2.05, 4.69) is 29.2 Å². The van der Waals surface area contributed by atoms with Gasteiger partial charge in [-0.3, -0.25) is 4.98 Å². The van der Waals surface area contributed by atoms with Crippen molar-refractivity contribution in [3.63, 3.8) is 0 Å². The number of fused-ring (bicyclic) bond motifs is 1. The third-order valence-electron chi connectivity index (χ3n) is 3.75. The Kier molecular flexibility index (Phi) is 2.88. The molecule has 1 aromatic heterocycles. The summed E-state index contributed by atoms with van der Waals surface area (Å²) in [6.07, 6.45) is 6.85. The molecule has 0 fully saturated rings. The second-order valence-electron chi connectivity index (χ2n) is 5.21. The number of hydrogen-bond acceptors (Lipinski definition) is 2. The average molecular weight is 239 g/mol. The highest BCUT2D eigenvalue weighted by Crippen LogP contribution is 2.31. The van der Waals surface area contributed by atoms with Crippen molar-refractivity contribution in [1.82, 2.24) is 4.98 Å². The lowest BCUT2D eigenvalue weighted by atomic mass is 9.77. The summed E-state index contributed by atoms with van der Waals surface area (Å²) in [4.78, 5) is 4.11. The lowest BCUT2D eigenvalue weighted by Gasteiger charge is -2.33. The van der Waals surface area contributed by atoms with Crippen LogP contribution in [0.25, 0.3) is 0 Å². The van der Waals surface area contributed by atoms with Gasteiger partial charge in [0.25, 0.3) is 0 Å². The van der Waals surface area contributed by atoms with Gasteiger partial charge >= 0.3 is 0 Å². The van der Waals surface area contributed by atoms with Gasteiger partial charge in [-0.25, -0.2) is 0 Å². The van der Waals surface area contributed by atoms with Crippen molar-refractivity contribution >= 4 is 0 Å². The number of nitrogens with zero attached hydrogens (tertiary/aromatic N) is 1. The molecule has 3 rings (SSSR count). The van der Waals surface area contributed by atoms with E-state index in [0.717, 1.165) is 24.8 Å². The molecule has 1 unspecified atom stereocenters. The molecule has 2 aromatic rings. The zero-order valence-electron chi connectivity index (χ0n) is 10.3. The lowest BCUT2D eigenvalue weighted by Crippen LogP contribution is -2.38. The minimum absolute atomic E-state index is 0.614. The first kappa shape index (κ1) is 11.4. The number of benzene rings is 1. The fraction of sp³-hybridized carbons (Fsp3) is 0.312. The van der Waals surface area contributed by atoms with Crippen molar-refractivity contribution in [2.75, 3.05) is 0 Å². The zero-order chi connectivity index (χ0) is 12.4. The molecule has 1 aliphatic carbocycles. The summed E-state index contributed by atoms with van der Waals surface area (Å²) >= 11 is 0. The van der Waals surface area contributed by atoms with Crippen molar-refractivity contribution in [3.8, 4) is 0 Å². The van der Waals surface area contributed by atoms with Crippen molar-refractivity contribution in [2.45, 2.75) is 31.3 Å². The van der Waals surface area contributed by atoms with Crippen LogP contribution in [-0.2, 0) is 19.3 Å². The highest BCUT2D eigenvalue weighted by atomic mass is 16.3. The van der Waals surface area contributed by atoms with Crippen molar-refractivity contribution in [2.24, 2.45) is 0 Å². The molecule has 0 aliphatic heterocycles. The van der Waals surface area contributed by atoms with Crippen LogP contribution in [0.15, 0.2) is 48.8 Å². The number of aliphatic hydroxyl groups is 1. The third kappa shape index (κ3) is 2.29. The van der Waals surface area contributed by atoms with Crippen molar-refractivity contribution in [1.29, 1.82) is 0 Å². The Morgan fingerprint density at radius 3 is 2.72 bits per heavy atom. The third-order valence-corrected chi connectivity index (χ3v) is 3.75. The van der Waals surface area contributed by atoms with Crippen molar-refractivity contribution in [3.05, 3.63) is 65.5 Å². The van der Waals surface area contributed by atoms with E-state index in [1.54, 1.807) is 6.20 Å². The van der Waals surface area contributed by atoms with Gasteiger partial charge in [0.15, 0.2) is 0 Å². The number of aryl methyl sites for hydroxylation is 1. The maximum absolute atomic E-state index is 10.7. The minimum Gasteiger partial charge on any atom is -0.389 e. The number of pyridine rings is 1. The first-order valence-electron chi connectivity index (χ1n) is 6.43. The summed E-state index contributed by atoms with van der Waals surface area (Å²) in [7, 11) is 0. The Bertz CT molecular complexity index is 538. The van der Waals surface area contributed by atoms with Gasteiger partial charge in [0.1, 0.15) is 0 Å². The van der Waals surface area contributed by atoms with E-state index >= 15 is 0 Å². The molecule has 0 saturated heterocycles. The molecular weight excluding hydrogens is 222 g/mol. The second-order valence-corrected chi connectivity index (χ2v) is 5.21. The maximum Gasteiger partial charge on any atom is 0.0731 e. The molecule has 18 heavy (non-hydrogen) atoms. The Balaban J connectivity index is 1.82. The maximum atomic E-state index is 10.7. The van der Waals surface area contributed by atoms with Gasteiger partial charge in [0.05, 0.1) is 5.60 Å². The molecule has 2 heteroatoms. The first-order chi connectivity index (χ1) is 8.75. The molecule has 0 spiro atoms. The normalized spacial score (nSPS) is 22.5. The molecule has 1 aromatic carbocycles. The standard InChI is InChI=1S/C16H17NO/c18-16(10-13-4-3-9-17-12-13)8-7-14-5-1-2-6-15(14)11-16/h1-6,9,12,18H,7-8,10-11H2. The van der Waals surface area contributed by atoms with E-state index in [9.17, 15) is 5.11 Å². The molecule has 2 nitrogen and oxygen atoms in total. The molecule has 0 saturated carbocycles. The number of aromatic nitrogens is 1. The molecule has 0 radical (unpaired) electrons. The van der Waals surface area contributed by atoms with E-state index in [4.69, 9.17) is 0 Å². The summed E-state index contributed by atoms with van der Waals surface area (Å²) < 4.78 is 0. The monoisotopic (exact) mass is 239 g/mol. The topological polar surface area (TPSA) is 33.1 Å². The first-order valence-corrected chi connectivity index (χ1v) is 6.43. The van der Waals surface area contributed by atoms with Crippen LogP contribution < -0.4 is 0 Å². The quantitative estimate of drug-likeness (QED) is 0.873. The molecule has 1 heterocycles. The van der Waals surface area contributed by atoms with Gasteiger partial charge < -0.3 is 5.11 Å². The van der Waals surface area contributed by atoms with Crippen LogP contribution in [0.1, 0.15) is 23.1 Å². The summed E-state index contributed by atoms with van der Waals surface area (Å²) in [5.74, 6) is 0. The van der Waals surface area contributed by atoms with Crippen LogP contribution in [0.5, 0.6) is 0 Å². The van der Waals surface area contributed by atoms with Crippen LogP contribution in [0.2, 0.25) is 0 Å². The van der Waals surface area contributed by atoms with Gasteiger partial charge in [-0.1, -0.05) is 30.3 Å². The minimum atomic E-state index is -0.614. The Labute approximate surface area is 107 Å². The van der Waals surface area contributed by atoms with Crippen LogP contribution >= 0.6 is 0 Å². The molecule has 0 bridgehead atoms. The fourth-order valence-electron chi connectivity index (χ4n) is 2.82. The van der Waals surface area contributed by atoms with E-state index in [1.165, 1.54) is 11.1 Å². The molecule has 0 amide bonds. The van der Waals surface area contributed by atoms with Gasteiger partial charge in [0, 0.05) is 25.2 Å². The van der Waals surface area contributed by atoms with Gasteiger partial charge in [0.2, 0.25) is 0 Å². The van der Waals surface area contributed by atoms with E-state index in [-0.39, 0.29) is 0 Å². The predicted octanol–water partition coefficient (Wildman–Crippen LogP) is 2.54. The van der Waals surface area contributed by atoms with Crippen LogP contribution in [0, 0.1) is 0 Å². The number of hydrogen-bond donors (Lipinski definition) is 1. The van der Waals surface area contributed by atoms with Gasteiger partial charge in [-0.05, 0) is 35.6 Å². The molecule has 92 valence electrons. The van der Waals surface area contributed by atoms with Gasteiger partial charge in [-0.2, -0.15) is 0 Å². The molecule has 1 atom stereocenters. The fourth-order valence-corrected chi connectivity index (χ4v) is 2.82. The highest BCUT2D eigenvalue weighted by molar-refractivity contribution is 5.32. The smallest absolute Gasteiger partial charge is 0.0731 e. The van der Waals surface area contributed by atoms with Crippen LogP contribution in [0.4, 0.5) is 0 Å². The predicted molar refractivity (Wildman–Crippen MR) is 71.4 cm³/mol. The summed E-state index contributed by atoms with van der Waals surface area (Å²) in [5.41, 5.74) is 3.17. The summed E-state index contributed by atoms with van der Waals surface area (Å²) in [6.45, 7) is 0. The molecular formula is C16H17NO. The Morgan fingerprint density at radius 1 is 1.11 bits per heavy atom. The Hall–Kier alpha value is -1.67. The second kappa shape index (κ2) is 4.54. The average Bonchev–Trinajstić information content (AvgIpc) is 2.39. The SMILES string of the molecule is OC1(Cc2cccnc2)CCc2ccccc2C1. The van der Waals surface area contributed by atoms with Crippen LogP contribution in [0.3, 0.4) is 0 Å². The van der Waals surface area contributed by atoms with Crippen molar-refractivity contribution < 1.29 is 5.11 Å². The van der Waals surface area contributed by atoms with Crippen LogP contribution in [-0.4, -0.2) is 15.7 Å². The number of rotatable bonds is 2. The largest absolute Gasteiger partial charge is 0.389 e. The molecule has 1 N–H and O–H groups in total. The molecule has 1 aliphatic rings. The zero-order valence-corrected chi connectivity index (χ0v) is 10.3. The van der Waals surface area contributed by atoms with E-state index in [1.807, 2.05) is 18.3 Å². The van der Waals surface area contributed by atoms with E-state index in [0.29, 0.717) is 6.42 Å². The summed E-state index contributed by atoms with van der Waals surface area (Å²) in [5, 5.41) is 10.7. The van der Waals surface area contributed by atoms with Gasteiger partial charge in [-0.15, -0.1) is 0 Å².